The van der Waals surface area contributed by atoms with Gasteiger partial charge in [0.1, 0.15) is 0 Å². The molecule has 0 N–H and O–H groups in total. The van der Waals surface area contributed by atoms with Crippen molar-refractivity contribution >= 4 is 31.9 Å². The van der Waals surface area contributed by atoms with Crippen molar-refractivity contribution in [3.05, 3.63) is 28.2 Å². The number of halogens is 1. The Labute approximate surface area is 164 Å². The first-order valence-corrected chi connectivity index (χ1v) is 11.2. The number of benzene rings is 1. The van der Waals surface area contributed by atoms with Gasteiger partial charge in [0.2, 0.25) is 10.0 Å². The Hall–Kier alpha value is -0.960. The minimum atomic E-state index is -3.60. The Morgan fingerprint density at radius 1 is 1.27 bits per heavy atom. The number of likely N-dealkylation sites (tertiary alicyclic amines) is 1. The van der Waals surface area contributed by atoms with Gasteiger partial charge in [-0.05, 0) is 52.9 Å². The van der Waals surface area contributed by atoms with Crippen molar-refractivity contribution in [3.8, 4) is 0 Å². The van der Waals surface area contributed by atoms with Gasteiger partial charge in [0, 0.05) is 44.4 Å². The lowest BCUT2D eigenvalue weighted by atomic mass is 9.97. The van der Waals surface area contributed by atoms with Crippen LogP contribution in [0.25, 0.3) is 0 Å². The average molecular weight is 447 g/mol. The molecule has 6 nitrogen and oxygen atoms in total. The highest BCUT2D eigenvalue weighted by atomic mass is 79.9. The predicted octanol–water partition coefficient (Wildman–Crippen LogP) is 2.98. The van der Waals surface area contributed by atoms with Crippen LogP contribution in [0.15, 0.2) is 27.6 Å². The third kappa shape index (κ3) is 4.65. The number of amides is 1. The van der Waals surface area contributed by atoms with Gasteiger partial charge in [0.05, 0.1) is 10.5 Å². The van der Waals surface area contributed by atoms with Crippen LogP contribution in [0.4, 0.5) is 0 Å². The fourth-order valence-corrected chi connectivity index (χ4v) is 5.15. The molecule has 0 aliphatic carbocycles. The largest absolute Gasteiger partial charge is 0.384 e. The maximum atomic E-state index is 12.9. The summed E-state index contributed by atoms with van der Waals surface area (Å²) in [5.74, 6) is 0.339. The van der Waals surface area contributed by atoms with Crippen molar-refractivity contribution in [1.82, 2.24) is 9.21 Å². The van der Waals surface area contributed by atoms with Gasteiger partial charge in [-0.1, -0.05) is 13.8 Å². The number of hydrogen-bond acceptors (Lipinski definition) is 4. The molecule has 1 aromatic rings. The van der Waals surface area contributed by atoms with Crippen LogP contribution in [-0.4, -0.2) is 63.4 Å². The molecule has 1 aliphatic rings. The topological polar surface area (TPSA) is 66.9 Å². The van der Waals surface area contributed by atoms with Gasteiger partial charge in [-0.25, -0.2) is 8.42 Å². The molecule has 0 radical (unpaired) electrons. The SMILES string of the molecule is CCN(CC)S(=O)(=O)c1ccc(Br)c(C(=O)N2CCC(COC)CC2)c1. The van der Waals surface area contributed by atoms with Crippen LogP contribution in [0.3, 0.4) is 0 Å². The molecular weight excluding hydrogens is 420 g/mol. The molecule has 26 heavy (non-hydrogen) atoms. The molecule has 0 saturated carbocycles. The predicted molar refractivity (Wildman–Crippen MR) is 105 cm³/mol. The lowest BCUT2D eigenvalue weighted by Crippen LogP contribution is -2.39. The quantitative estimate of drug-likeness (QED) is 0.645. The number of carbonyl (C=O) groups is 1. The Morgan fingerprint density at radius 2 is 1.88 bits per heavy atom. The number of piperidine rings is 1. The van der Waals surface area contributed by atoms with E-state index in [0.29, 0.717) is 48.7 Å². The van der Waals surface area contributed by atoms with E-state index in [0.717, 1.165) is 12.8 Å². The summed E-state index contributed by atoms with van der Waals surface area (Å²) >= 11 is 3.40. The molecule has 0 spiro atoms. The molecule has 0 unspecified atom stereocenters. The van der Waals surface area contributed by atoms with Gasteiger partial charge in [-0.2, -0.15) is 4.31 Å². The van der Waals surface area contributed by atoms with Crippen molar-refractivity contribution in [2.45, 2.75) is 31.6 Å². The number of hydrogen-bond donors (Lipinski definition) is 0. The Kier molecular flexibility index (Phi) is 7.63. The maximum Gasteiger partial charge on any atom is 0.255 e. The third-order valence-corrected chi connectivity index (χ3v) is 7.55. The minimum Gasteiger partial charge on any atom is -0.384 e. The van der Waals surface area contributed by atoms with Crippen LogP contribution in [0.2, 0.25) is 0 Å². The summed E-state index contributed by atoms with van der Waals surface area (Å²) in [5.41, 5.74) is 0.392. The van der Waals surface area contributed by atoms with Crippen molar-refractivity contribution in [1.29, 1.82) is 0 Å². The number of ether oxygens (including phenoxy) is 1. The van der Waals surface area contributed by atoms with E-state index in [1.165, 1.54) is 10.4 Å². The monoisotopic (exact) mass is 446 g/mol. The summed E-state index contributed by atoms with van der Waals surface area (Å²) in [7, 11) is -1.90. The van der Waals surface area contributed by atoms with Gasteiger partial charge < -0.3 is 9.64 Å². The number of sulfonamides is 1. The summed E-state index contributed by atoms with van der Waals surface area (Å²) in [6, 6.07) is 4.67. The molecule has 1 amide bonds. The molecular formula is C18H27BrN2O4S. The zero-order valence-corrected chi connectivity index (χ0v) is 18.0. The molecule has 146 valence electrons. The molecule has 1 aliphatic heterocycles. The zero-order chi connectivity index (χ0) is 19.3. The molecule has 1 aromatic carbocycles. The van der Waals surface area contributed by atoms with Crippen molar-refractivity contribution in [2.24, 2.45) is 5.92 Å². The normalized spacial score (nSPS) is 16.3. The van der Waals surface area contributed by atoms with E-state index in [2.05, 4.69) is 15.9 Å². The fraction of sp³-hybridized carbons (Fsp3) is 0.611. The number of carbonyl (C=O) groups excluding carboxylic acids is 1. The van der Waals surface area contributed by atoms with Gasteiger partial charge >= 0.3 is 0 Å². The molecule has 1 heterocycles. The first-order chi connectivity index (χ1) is 12.3. The number of methoxy groups -OCH3 is 1. The average Bonchev–Trinajstić information content (AvgIpc) is 2.63. The molecule has 0 bridgehead atoms. The second-order valence-electron chi connectivity index (χ2n) is 6.42. The van der Waals surface area contributed by atoms with Crippen LogP contribution < -0.4 is 0 Å². The minimum absolute atomic E-state index is 0.135. The number of nitrogens with zero attached hydrogens (tertiary/aromatic N) is 2. The summed E-state index contributed by atoms with van der Waals surface area (Å²) in [5, 5.41) is 0. The highest BCUT2D eigenvalue weighted by molar-refractivity contribution is 9.10. The standard InChI is InChI=1S/C18H27BrN2O4S/c1-4-21(5-2)26(23,24)15-6-7-17(19)16(12-15)18(22)20-10-8-14(9-11-20)13-25-3/h6-7,12,14H,4-5,8-11,13H2,1-3H3. The van der Waals surface area contributed by atoms with Gasteiger partial charge in [0.15, 0.2) is 0 Å². The van der Waals surface area contributed by atoms with Crippen LogP contribution in [-0.2, 0) is 14.8 Å². The third-order valence-electron chi connectivity index (χ3n) is 4.82. The van der Waals surface area contributed by atoms with Crippen LogP contribution in [0.1, 0.15) is 37.0 Å². The van der Waals surface area contributed by atoms with Gasteiger partial charge in [-0.3, -0.25) is 4.79 Å². The van der Waals surface area contributed by atoms with E-state index in [-0.39, 0.29) is 10.8 Å². The summed E-state index contributed by atoms with van der Waals surface area (Å²) in [6.07, 6.45) is 1.79. The van der Waals surface area contributed by atoms with Crippen molar-refractivity contribution < 1.29 is 17.9 Å². The maximum absolute atomic E-state index is 12.9. The van der Waals surface area contributed by atoms with E-state index >= 15 is 0 Å². The first-order valence-electron chi connectivity index (χ1n) is 8.93. The summed E-state index contributed by atoms with van der Waals surface area (Å²) in [4.78, 5) is 14.9. The lowest BCUT2D eigenvalue weighted by Gasteiger charge is -2.32. The van der Waals surface area contributed by atoms with Crippen molar-refractivity contribution in [3.63, 3.8) is 0 Å². The summed E-state index contributed by atoms with van der Waals surface area (Å²) < 4.78 is 32.7. The van der Waals surface area contributed by atoms with E-state index < -0.39 is 10.0 Å². The second-order valence-corrected chi connectivity index (χ2v) is 9.21. The highest BCUT2D eigenvalue weighted by Gasteiger charge is 2.27. The van der Waals surface area contributed by atoms with E-state index in [9.17, 15) is 13.2 Å². The fourth-order valence-electron chi connectivity index (χ4n) is 3.25. The Balaban J connectivity index is 2.24. The van der Waals surface area contributed by atoms with E-state index in [1.807, 2.05) is 0 Å². The highest BCUT2D eigenvalue weighted by Crippen LogP contribution is 2.26. The van der Waals surface area contributed by atoms with Crippen LogP contribution in [0, 0.1) is 5.92 Å². The lowest BCUT2D eigenvalue weighted by molar-refractivity contribution is 0.0612. The summed E-state index contributed by atoms with van der Waals surface area (Å²) in [6.45, 7) is 6.42. The van der Waals surface area contributed by atoms with E-state index in [4.69, 9.17) is 4.74 Å². The Morgan fingerprint density at radius 3 is 2.42 bits per heavy atom. The smallest absolute Gasteiger partial charge is 0.255 e. The zero-order valence-electron chi connectivity index (χ0n) is 15.6. The Bertz CT molecular complexity index is 727. The second kappa shape index (κ2) is 9.30. The molecule has 8 heteroatoms. The molecule has 2 rings (SSSR count). The van der Waals surface area contributed by atoms with Crippen LogP contribution in [0.5, 0.6) is 0 Å². The van der Waals surface area contributed by atoms with E-state index in [1.54, 1.807) is 38.0 Å². The van der Waals surface area contributed by atoms with Gasteiger partial charge in [-0.15, -0.1) is 0 Å². The van der Waals surface area contributed by atoms with Gasteiger partial charge in [0.25, 0.3) is 5.91 Å². The first kappa shape index (κ1) is 21.3. The molecule has 0 aromatic heterocycles. The molecule has 1 fully saturated rings. The molecule has 0 atom stereocenters. The number of rotatable bonds is 7. The molecule has 1 saturated heterocycles. The van der Waals surface area contributed by atoms with Crippen molar-refractivity contribution in [2.75, 3.05) is 39.9 Å². The van der Waals surface area contributed by atoms with Crippen LogP contribution >= 0.6 is 15.9 Å².